The van der Waals surface area contributed by atoms with Crippen LogP contribution in [0.25, 0.3) is 5.52 Å². The maximum absolute atomic E-state index is 12.2. The van der Waals surface area contributed by atoms with E-state index in [0.29, 0.717) is 11.3 Å². The summed E-state index contributed by atoms with van der Waals surface area (Å²) in [6, 6.07) is 3.10. The highest BCUT2D eigenvalue weighted by atomic mass is 35.5. The molecule has 2 N–H and O–H groups in total. The van der Waals surface area contributed by atoms with Gasteiger partial charge < -0.3 is 15.2 Å². The van der Waals surface area contributed by atoms with Gasteiger partial charge >= 0.3 is 11.9 Å². The average Bonchev–Trinajstić information content (AvgIpc) is 3.04. The quantitative estimate of drug-likeness (QED) is 0.733. The van der Waals surface area contributed by atoms with E-state index in [4.69, 9.17) is 16.3 Å². The molecule has 0 saturated heterocycles. The fourth-order valence-corrected chi connectivity index (χ4v) is 5.32. The van der Waals surface area contributed by atoms with Crippen LogP contribution in [-0.2, 0) is 9.59 Å². The number of fused-ring (bicyclic) bond motifs is 4. The summed E-state index contributed by atoms with van der Waals surface area (Å²) in [4.78, 5) is 27.8. The molecule has 5 rings (SSSR count). The topological polar surface area (TPSA) is 106 Å². The molecule has 0 unspecified atom stereocenters. The molecule has 3 fully saturated rings. The van der Waals surface area contributed by atoms with Crippen molar-refractivity contribution < 1.29 is 19.4 Å². The molecule has 0 aliphatic heterocycles. The Hall–Kier alpha value is -2.35. The number of halogens is 1. The van der Waals surface area contributed by atoms with Crippen molar-refractivity contribution in [2.75, 3.05) is 5.32 Å². The van der Waals surface area contributed by atoms with E-state index in [1.807, 2.05) is 0 Å². The molecule has 0 radical (unpaired) electrons. The van der Waals surface area contributed by atoms with Crippen LogP contribution in [0.15, 0.2) is 12.1 Å². The predicted molar refractivity (Wildman–Crippen MR) is 103 cm³/mol. The predicted octanol–water partition coefficient (Wildman–Crippen LogP) is 3.39. The third-order valence-corrected chi connectivity index (χ3v) is 6.68. The number of carboxylic acids is 1. The largest absolute Gasteiger partial charge is 0.481 e. The number of hydrogen-bond acceptors (Lipinski definition) is 6. The second kappa shape index (κ2) is 6.92. The van der Waals surface area contributed by atoms with Crippen LogP contribution in [0.5, 0.6) is 5.88 Å². The number of aliphatic carboxylic acids is 1. The third-order valence-electron chi connectivity index (χ3n) is 6.52. The highest BCUT2D eigenvalue weighted by molar-refractivity contribution is 6.28. The Morgan fingerprint density at radius 3 is 2.71 bits per heavy atom. The Labute approximate surface area is 167 Å². The van der Waals surface area contributed by atoms with Gasteiger partial charge in [-0.05, 0) is 61.1 Å². The second-order valence-electron chi connectivity index (χ2n) is 7.83. The van der Waals surface area contributed by atoms with Crippen LogP contribution >= 0.6 is 11.6 Å². The van der Waals surface area contributed by atoms with E-state index in [-0.39, 0.29) is 28.5 Å². The number of rotatable bonds is 5. The second-order valence-corrected chi connectivity index (χ2v) is 8.17. The van der Waals surface area contributed by atoms with E-state index >= 15 is 0 Å². The van der Waals surface area contributed by atoms with E-state index in [1.54, 1.807) is 12.1 Å². The molecular formula is C19H23ClN4O4. The van der Waals surface area contributed by atoms with Gasteiger partial charge in [0.15, 0.2) is 5.82 Å². The van der Waals surface area contributed by atoms with Crippen LogP contribution in [-0.4, -0.2) is 37.7 Å². The summed E-state index contributed by atoms with van der Waals surface area (Å²) in [7, 11) is 0. The van der Waals surface area contributed by atoms with Gasteiger partial charge in [-0.25, -0.2) is 0 Å². The average molecular weight is 407 g/mol. The summed E-state index contributed by atoms with van der Waals surface area (Å²) in [5.41, 5.74) is 0.396. The molecule has 2 aromatic rings. The Morgan fingerprint density at radius 2 is 2.11 bits per heavy atom. The standard InChI is InChI=1S/C19H23ClN4O4/c1-3-19-8-6-11(7-9-19)15(14(19)17(26)27)21-16-12-4-5-13(28-10(2)25)24(12)23-18(20)22-16/h4-5,11,14-15H,3,6-9H2,1-2H3,(H,26,27)(H,21,22,23)/t11?,14-,15-,19?/m0/s1. The number of carbonyl (C=O) groups excluding carboxylic acids is 1. The minimum atomic E-state index is -0.768. The van der Waals surface area contributed by atoms with Crippen LogP contribution in [0.3, 0.4) is 0 Å². The molecule has 2 atom stereocenters. The molecule has 0 aromatic carbocycles. The van der Waals surface area contributed by atoms with Gasteiger partial charge in [-0.15, -0.1) is 5.10 Å². The van der Waals surface area contributed by atoms with Gasteiger partial charge in [0.05, 0.1) is 5.92 Å². The van der Waals surface area contributed by atoms with E-state index in [1.165, 1.54) is 11.4 Å². The molecule has 3 saturated carbocycles. The van der Waals surface area contributed by atoms with E-state index < -0.39 is 17.9 Å². The van der Waals surface area contributed by atoms with Crippen molar-refractivity contribution in [3.8, 4) is 5.88 Å². The van der Waals surface area contributed by atoms with Crippen LogP contribution < -0.4 is 10.1 Å². The van der Waals surface area contributed by atoms with Crippen molar-refractivity contribution in [3.63, 3.8) is 0 Å². The molecule has 28 heavy (non-hydrogen) atoms. The summed E-state index contributed by atoms with van der Waals surface area (Å²) < 4.78 is 6.57. The Kier molecular flexibility index (Phi) is 4.69. The number of hydrogen-bond donors (Lipinski definition) is 2. The summed E-state index contributed by atoms with van der Waals surface area (Å²) in [5.74, 6) is -0.762. The molecule has 9 heteroatoms. The molecule has 3 aliphatic rings. The summed E-state index contributed by atoms with van der Waals surface area (Å²) in [6.07, 6.45) is 4.75. The maximum atomic E-state index is 12.2. The SMILES string of the molecule is CCC12CCC(CC1)[C@H](Nc1nc(Cl)nn3c(OC(C)=O)ccc13)[C@H]2C(=O)O. The lowest BCUT2D eigenvalue weighted by Gasteiger charge is -2.55. The van der Waals surface area contributed by atoms with Crippen molar-refractivity contribution >= 4 is 34.9 Å². The lowest BCUT2D eigenvalue weighted by molar-refractivity contribution is -0.155. The molecule has 3 aliphatic carbocycles. The van der Waals surface area contributed by atoms with E-state index in [9.17, 15) is 14.7 Å². The highest BCUT2D eigenvalue weighted by Crippen LogP contribution is 2.56. The normalized spacial score (nSPS) is 29.0. The molecular weight excluding hydrogens is 384 g/mol. The van der Waals surface area contributed by atoms with Crippen molar-refractivity contribution in [2.24, 2.45) is 17.3 Å². The fraction of sp³-hybridized carbons (Fsp3) is 0.579. The van der Waals surface area contributed by atoms with E-state index in [2.05, 4.69) is 22.3 Å². The molecule has 150 valence electrons. The van der Waals surface area contributed by atoms with Crippen LogP contribution in [0, 0.1) is 17.3 Å². The third kappa shape index (κ3) is 2.99. The molecule has 2 bridgehead atoms. The minimum Gasteiger partial charge on any atom is -0.481 e. The van der Waals surface area contributed by atoms with Gasteiger partial charge in [0.1, 0.15) is 5.52 Å². The number of esters is 1. The van der Waals surface area contributed by atoms with Crippen LogP contribution in [0.1, 0.15) is 46.0 Å². The molecule has 2 aromatic heterocycles. The number of carbonyl (C=O) groups is 2. The smallest absolute Gasteiger partial charge is 0.309 e. The maximum Gasteiger partial charge on any atom is 0.309 e. The minimum absolute atomic E-state index is 0.0161. The number of carboxylic acid groups (broad SMARTS) is 1. The van der Waals surface area contributed by atoms with Gasteiger partial charge in [-0.1, -0.05) is 6.92 Å². The fourth-order valence-electron chi connectivity index (χ4n) is 5.16. The number of nitrogens with one attached hydrogen (secondary N) is 1. The Balaban J connectivity index is 1.74. The van der Waals surface area contributed by atoms with Crippen LogP contribution in [0.4, 0.5) is 5.82 Å². The van der Waals surface area contributed by atoms with Crippen molar-refractivity contribution in [2.45, 2.75) is 52.0 Å². The zero-order valence-electron chi connectivity index (χ0n) is 15.8. The number of anilines is 1. The van der Waals surface area contributed by atoms with Gasteiger partial charge in [-0.2, -0.15) is 9.50 Å². The first-order valence-corrected chi connectivity index (χ1v) is 9.95. The monoisotopic (exact) mass is 406 g/mol. The number of ether oxygens (including phenoxy) is 1. The summed E-state index contributed by atoms with van der Waals surface area (Å²) in [5, 5.41) is 17.5. The Bertz CT molecular complexity index is 935. The van der Waals surface area contributed by atoms with Crippen molar-refractivity contribution in [3.05, 3.63) is 17.4 Å². The zero-order valence-corrected chi connectivity index (χ0v) is 16.6. The van der Waals surface area contributed by atoms with Crippen molar-refractivity contribution in [1.82, 2.24) is 14.6 Å². The Morgan fingerprint density at radius 1 is 1.39 bits per heavy atom. The van der Waals surface area contributed by atoms with Gasteiger partial charge in [0.25, 0.3) is 0 Å². The lowest BCUT2D eigenvalue weighted by atomic mass is 9.52. The first-order valence-electron chi connectivity index (χ1n) is 9.57. The first-order chi connectivity index (χ1) is 13.3. The highest BCUT2D eigenvalue weighted by Gasteiger charge is 2.55. The summed E-state index contributed by atoms with van der Waals surface area (Å²) in [6.45, 7) is 3.39. The van der Waals surface area contributed by atoms with Crippen LogP contribution in [0.2, 0.25) is 5.28 Å². The number of nitrogens with zero attached hydrogens (tertiary/aromatic N) is 3. The summed E-state index contributed by atoms with van der Waals surface area (Å²) >= 11 is 6.10. The lowest BCUT2D eigenvalue weighted by Crippen LogP contribution is -2.57. The van der Waals surface area contributed by atoms with Gasteiger partial charge in [-0.3, -0.25) is 9.59 Å². The van der Waals surface area contributed by atoms with Gasteiger partial charge in [0.2, 0.25) is 11.2 Å². The van der Waals surface area contributed by atoms with E-state index in [0.717, 1.165) is 32.1 Å². The first kappa shape index (κ1) is 19.0. The molecule has 0 amide bonds. The molecule has 2 heterocycles. The zero-order chi connectivity index (χ0) is 20.1. The molecule has 8 nitrogen and oxygen atoms in total. The molecule has 0 spiro atoms. The van der Waals surface area contributed by atoms with Crippen molar-refractivity contribution in [1.29, 1.82) is 0 Å². The van der Waals surface area contributed by atoms with Gasteiger partial charge in [0, 0.05) is 19.0 Å². The number of aromatic nitrogens is 3.